The number of benzene rings is 1. The van der Waals surface area contributed by atoms with Gasteiger partial charge in [0.15, 0.2) is 5.82 Å². The van der Waals surface area contributed by atoms with Gasteiger partial charge < -0.3 is 16.2 Å². The van der Waals surface area contributed by atoms with Crippen LogP contribution in [0.4, 0.5) is 5.82 Å². The number of fused-ring (bicyclic) bond motifs is 3. The van der Waals surface area contributed by atoms with E-state index < -0.39 is 5.91 Å². The number of ether oxygens (including phenoxy) is 1. The first-order valence-electron chi connectivity index (χ1n) is 7.75. The van der Waals surface area contributed by atoms with Gasteiger partial charge in [-0.15, -0.1) is 5.10 Å². The van der Waals surface area contributed by atoms with Gasteiger partial charge in [0.05, 0.1) is 12.8 Å². The van der Waals surface area contributed by atoms with Crippen molar-refractivity contribution in [1.82, 2.24) is 19.7 Å². The molecule has 1 aliphatic carbocycles. The SMILES string of the molecule is COc1ccc2c(c1)CCc1cnc(-n3cc(C(N)=O)c(N)n3)nc1-2. The normalized spacial score (nSPS) is 12.4. The monoisotopic (exact) mass is 336 g/mol. The molecule has 2 heterocycles. The summed E-state index contributed by atoms with van der Waals surface area (Å²) < 4.78 is 6.66. The smallest absolute Gasteiger partial charge is 0.254 e. The van der Waals surface area contributed by atoms with Crippen LogP contribution in [0.5, 0.6) is 5.75 Å². The minimum absolute atomic E-state index is 0.0546. The number of hydrogen-bond donors (Lipinski definition) is 2. The van der Waals surface area contributed by atoms with Crippen molar-refractivity contribution in [2.75, 3.05) is 12.8 Å². The van der Waals surface area contributed by atoms with E-state index in [1.54, 1.807) is 13.3 Å². The van der Waals surface area contributed by atoms with Crippen molar-refractivity contribution in [3.8, 4) is 23.0 Å². The number of nitrogens with two attached hydrogens (primary N) is 2. The molecule has 1 aliphatic rings. The summed E-state index contributed by atoms with van der Waals surface area (Å²) in [7, 11) is 1.65. The molecule has 0 bridgehead atoms. The zero-order chi connectivity index (χ0) is 17.6. The van der Waals surface area contributed by atoms with Crippen LogP contribution in [0.25, 0.3) is 17.2 Å². The van der Waals surface area contributed by atoms with Crippen LogP contribution >= 0.6 is 0 Å². The Bertz CT molecular complexity index is 995. The first kappa shape index (κ1) is 15.1. The molecule has 0 radical (unpaired) electrons. The fourth-order valence-electron chi connectivity index (χ4n) is 3.01. The molecule has 1 amide bonds. The quantitative estimate of drug-likeness (QED) is 0.739. The molecular weight excluding hydrogens is 320 g/mol. The van der Waals surface area contributed by atoms with Crippen LogP contribution < -0.4 is 16.2 Å². The Morgan fingerprint density at radius 2 is 2.08 bits per heavy atom. The molecule has 4 rings (SSSR count). The number of nitrogens with zero attached hydrogens (tertiary/aromatic N) is 4. The Morgan fingerprint density at radius 3 is 2.80 bits per heavy atom. The van der Waals surface area contributed by atoms with E-state index in [1.165, 1.54) is 16.4 Å². The third-order valence-corrected chi connectivity index (χ3v) is 4.30. The number of nitrogen functional groups attached to an aromatic ring is 1. The molecule has 0 saturated heterocycles. The molecule has 0 atom stereocenters. The van der Waals surface area contributed by atoms with Crippen molar-refractivity contribution < 1.29 is 9.53 Å². The number of methoxy groups -OCH3 is 1. The Labute approximate surface area is 143 Å². The number of primary amides is 1. The van der Waals surface area contributed by atoms with Crippen molar-refractivity contribution in [3.05, 3.63) is 47.3 Å². The fraction of sp³-hybridized carbons (Fsp3) is 0.176. The molecule has 0 saturated carbocycles. The van der Waals surface area contributed by atoms with Crippen molar-refractivity contribution in [3.63, 3.8) is 0 Å². The van der Waals surface area contributed by atoms with Gasteiger partial charge in [-0.1, -0.05) is 0 Å². The maximum Gasteiger partial charge on any atom is 0.254 e. The van der Waals surface area contributed by atoms with Crippen molar-refractivity contribution >= 4 is 11.7 Å². The first-order chi connectivity index (χ1) is 12.1. The average molecular weight is 336 g/mol. The predicted octanol–water partition coefficient (Wildman–Crippen LogP) is 1.12. The molecule has 25 heavy (non-hydrogen) atoms. The lowest BCUT2D eigenvalue weighted by molar-refractivity contribution is 0.100. The Kier molecular flexibility index (Phi) is 3.38. The lowest BCUT2D eigenvalue weighted by Crippen LogP contribution is -2.12. The Morgan fingerprint density at radius 1 is 1.28 bits per heavy atom. The molecule has 0 spiro atoms. The topological polar surface area (TPSA) is 122 Å². The molecule has 8 nitrogen and oxygen atoms in total. The number of hydrogen-bond acceptors (Lipinski definition) is 6. The highest BCUT2D eigenvalue weighted by atomic mass is 16.5. The second-order valence-electron chi connectivity index (χ2n) is 5.80. The Hall–Kier alpha value is -3.42. The van der Waals surface area contributed by atoms with Crippen LogP contribution in [-0.4, -0.2) is 32.8 Å². The van der Waals surface area contributed by atoms with Crippen molar-refractivity contribution in [2.24, 2.45) is 5.73 Å². The van der Waals surface area contributed by atoms with Gasteiger partial charge in [-0.3, -0.25) is 4.79 Å². The summed E-state index contributed by atoms with van der Waals surface area (Å²) in [5, 5.41) is 4.08. The summed E-state index contributed by atoms with van der Waals surface area (Å²) >= 11 is 0. The second kappa shape index (κ2) is 5.59. The standard InChI is InChI=1S/C17H16N6O2/c1-25-11-4-5-12-9(6-11)2-3-10-7-20-17(21-14(10)12)23-8-13(16(19)24)15(18)22-23/h4-8H,2-3H2,1H3,(H2,18,22)(H2,19,24). The van der Waals surface area contributed by atoms with Gasteiger partial charge in [0.2, 0.25) is 0 Å². The summed E-state index contributed by atoms with van der Waals surface area (Å²) in [6, 6.07) is 5.93. The number of aromatic nitrogens is 4. The maximum atomic E-state index is 11.4. The van der Waals surface area contributed by atoms with Crippen LogP contribution in [0.1, 0.15) is 21.5 Å². The van der Waals surface area contributed by atoms with Gasteiger partial charge in [-0.25, -0.2) is 14.6 Å². The number of carbonyl (C=O) groups is 1. The third-order valence-electron chi connectivity index (χ3n) is 4.30. The number of amides is 1. The van der Waals surface area contributed by atoms with Gasteiger partial charge in [-0.2, -0.15) is 0 Å². The number of anilines is 1. The molecule has 3 aromatic rings. The van der Waals surface area contributed by atoms with Gasteiger partial charge in [0, 0.05) is 18.0 Å². The molecule has 4 N–H and O–H groups in total. The summed E-state index contributed by atoms with van der Waals surface area (Å²) in [6.07, 6.45) is 4.98. The predicted molar refractivity (Wildman–Crippen MR) is 91.5 cm³/mol. The van der Waals surface area contributed by atoms with E-state index in [4.69, 9.17) is 16.2 Å². The van der Waals surface area contributed by atoms with Crippen molar-refractivity contribution in [2.45, 2.75) is 12.8 Å². The van der Waals surface area contributed by atoms with E-state index in [-0.39, 0.29) is 11.4 Å². The van der Waals surface area contributed by atoms with Gasteiger partial charge in [0.1, 0.15) is 11.3 Å². The highest BCUT2D eigenvalue weighted by Crippen LogP contribution is 2.34. The van der Waals surface area contributed by atoms with Crippen LogP contribution in [0.3, 0.4) is 0 Å². The summed E-state index contributed by atoms with van der Waals surface area (Å²) in [6.45, 7) is 0. The lowest BCUT2D eigenvalue weighted by Gasteiger charge is -2.19. The number of carbonyl (C=O) groups excluding carboxylic acids is 1. The number of aryl methyl sites for hydroxylation is 2. The maximum absolute atomic E-state index is 11.4. The number of rotatable bonds is 3. The molecule has 2 aromatic heterocycles. The van der Waals surface area contributed by atoms with Crippen LogP contribution in [0, 0.1) is 0 Å². The molecule has 1 aromatic carbocycles. The highest BCUT2D eigenvalue weighted by molar-refractivity contribution is 5.96. The second-order valence-corrected chi connectivity index (χ2v) is 5.80. The van der Waals surface area contributed by atoms with Gasteiger partial charge in [-0.05, 0) is 42.2 Å². The van der Waals surface area contributed by atoms with Gasteiger partial charge >= 0.3 is 0 Å². The minimum atomic E-state index is -0.640. The third kappa shape index (κ3) is 2.47. The van der Waals surface area contributed by atoms with E-state index in [0.29, 0.717) is 5.95 Å². The van der Waals surface area contributed by atoms with Crippen LogP contribution in [0.2, 0.25) is 0 Å². The largest absolute Gasteiger partial charge is 0.497 e. The van der Waals surface area contributed by atoms with Crippen LogP contribution in [0.15, 0.2) is 30.6 Å². The lowest BCUT2D eigenvalue weighted by atomic mass is 9.90. The molecular formula is C17H16N6O2. The van der Waals surface area contributed by atoms with E-state index in [1.807, 2.05) is 18.2 Å². The molecule has 0 unspecified atom stereocenters. The molecule has 126 valence electrons. The zero-order valence-corrected chi connectivity index (χ0v) is 13.6. The molecule has 8 heteroatoms. The molecule has 0 aliphatic heterocycles. The minimum Gasteiger partial charge on any atom is -0.497 e. The van der Waals surface area contributed by atoms with E-state index in [0.717, 1.165) is 35.4 Å². The van der Waals surface area contributed by atoms with Crippen molar-refractivity contribution in [1.29, 1.82) is 0 Å². The summed E-state index contributed by atoms with van der Waals surface area (Å²) in [5.41, 5.74) is 15.3. The van der Waals surface area contributed by atoms with Gasteiger partial charge in [0.25, 0.3) is 11.9 Å². The summed E-state index contributed by atoms with van der Waals surface area (Å²) in [5.74, 6) is 0.571. The Balaban J connectivity index is 1.82. The summed E-state index contributed by atoms with van der Waals surface area (Å²) in [4.78, 5) is 20.3. The average Bonchev–Trinajstić information content (AvgIpc) is 3.02. The van der Waals surface area contributed by atoms with E-state index >= 15 is 0 Å². The highest BCUT2D eigenvalue weighted by Gasteiger charge is 2.20. The molecule has 0 fully saturated rings. The van der Waals surface area contributed by atoms with E-state index in [9.17, 15) is 4.79 Å². The van der Waals surface area contributed by atoms with Crippen LogP contribution in [-0.2, 0) is 12.8 Å². The first-order valence-corrected chi connectivity index (χ1v) is 7.75. The zero-order valence-electron chi connectivity index (χ0n) is 13.6. The fourth-order valence-corrected chi connectivity index (χ4v) is 3.01. The van der Waals surface area contributed by atoms with E-state index in [2.05, 4.69) is 15.1 Å².